The maximum Gasteiger partial charge on any atom is 0.229 e. The second kappa shape index (κ2) is 7.33. The largest absolute Gasteiger partial charge is 0.506 e. The van der Waals surface area contributed by atoms with Gasteiger partial charge in [0.15, 0.2) is 0 Å². The number of nitrogens with one attached hydrogen (secondary N) is 2. The lowest BCUT2D eigenvalue weighted by molar-refractivity contribution is 0.210. The molecule has 1 aromatic heterocycles. The molecule has 0 bridgehead atoms. The molecule has 24 heavy (non-hydrogen) atoms. The van der Waals surface area contributed by atoms with Crippen LogP contribution in [0.2, 0.25) is 5.02 Å². The van der Waals surface area contributed by atoms with E-state index in [2.05, 4.69) is 20.6 Å². The van der Waals surface area contributed by atoms with Gasteiger partial charge < -0.3 is 20.5 Å². The number of fused-ring (bicyclic) bond motifs is 1. The quantitative estimate of drug-likeness (QED) is 0.466. The number of para-hydroxylation sites is 1. The van der Waals surface area contributed by atoms with Crippen molar-refractivity contribution >= 4 is 40.0 Å². The van der Waals surface area contributed by atoms with Gasteiger partial charge in [-0.05, 0) is 30.3 Å². The number of nitrogens with zero attached hydrogens (tertiary/aromatic N) is 2. The van der Waals surface area contributed by atoms with Gasteiger partial charge in [0, 0.05) is 24.1 Å². The van der Waals surface area contributed by atoms with Crippen molar-refractivity contribution in [1.82, 2.24) is 9.97 Å². The number of phenolic OH excluding ortho intramolecular Hbond substituents is 1. The number of halogens is 1. The highest BCUT2D eigenvalue weighted by atomic mass is 35.5. The molecule has 0 spiro atoms. The average molecular weight is 345 g/mol. The van der Waals surface area contributed by atoms with Crippen LogP contribution < -0.4 is 10.6 Å². The van der Waals surface area contributed by atoms with Crippen molar-refractivity contribution in [2.24, 2.45) is 0 Å². The van der Waals surface area contributed by atoms with E-state index in [1.54, 1.807) is 19.2 Å². The number of benzene rings is 2. The van der Waals surface area contributed by atoms with E-state index < -0.39 is 0 Å². The summed E-state index contributed by atoms with van der Waals surface area (Å²) in [5.74, 6) is 1.14. The summed E-state index contributed by atoms with van der Waals surface area (Å²) in [5, 5.41) is 17.6. The molecule has 0 aliphatic carbocycles. The molecule has 0 unspecified atom stereocenters. The standard InChI is InChI=1S/C17H17ClN4O2/c1-24-9-8-19-16-12-4-2-3-5-13(12)20-17(22-16)21-14-10-11(18)6-7-15(14)23/h2-7,10,23H,8-9H2,1H3,(H2,19,20,21,22). The molecular weight excluding hydrogens is 328 g/mol. The van der Waals surface area contributed by atoms with Gasteiger partial charge in [-0.3, -0.25) is 0 Å². The zero-order valence-corrected chi connectivity index (χ0v) is 13.8. The SMILES string of the molecule is COCCNc1nc(Nc2cc(Cl)ccc2O)nc2ccccc12. The van der Waals surface area contributed by atoms with E-state index in [1.165, 1.54) is 6.07 Å². The first kappa shape index (κ1) is 16.3. The number of aromatic nitrogens is 2. The Morgan fingerprint density at radius 1 is 1.17 bits per heavy atom. The normalized spacial score (nSPS) is 10.8. The number of hydrogen-bond donors (Lipinski definition) is 3. The Labute approximate surface area is 144 Å². The van der Waals surface area contributed by atoms with Crippen LogP contribution in [0, 0.1) is 0 Å². The lowest BCUT2D eigenvalue weighted by Crippen LogP contribution is -2.10. The van der Waals surface area contributed by atoms with Crippen LogP contribution in [0.3, 0.4) is 0 Å². The molecule has 3 N–H and O–H groups in total. The van der Waals surface area contributed by atoms with Gasteiger partial charge in [-0.1, -0.05) is 23.7 Å². The molecule has 0 atom stereocenters. The summed E-state index contributed by atoms with van der Waals surface area (Å²) in [5.41, 5.74) is 1.23. The number of methoxy groups -OCH3 is 1. The van der Waals surface area contributed by atoms with Crippen LogP contribution in [0.5, 0.6) is 5.75 Å². The molecule has 2 aromatic carbocycles. The highest BCUT2D eigenvalue weighted by Crippen LogP contribution is 2.30. The first-order valence-corrected chi connectivity index (χ1v) is 7.80. The Hall–Kier alpha value is -2.57. The Bertz CT molecular complexity index is 857. The minimum absolute atomic E-state index is 0.0741. The summed E-state index contributed by atoms with van der Waals surface area (Å²) in [6.45, 7) is 1.19. The Kier molecular flexibility index (Phi) is 4.98. The third-order valence-electron chi connectivity index (χ3n) is 3.41. The van der Waals surface area contributed by atoms with Gasteiger partial charge in [0.1, 0.15) is 11.6 Å². The van der Waals surface area contributed by atoms with Crippen molar-refractivity contribution < 1.29 is 9.84 Å². The van der Waals surface area contributed by atoms with Crippen LogP contribution in [-0.2, 0) is 4.74 Å². The second-order valence-electron chi connectivity index (χ2n) is 5.12. The van der Waals surface area contributed by atoms with E-state index in [9.17, 15) is 5.11 Å². The molecule has 0 fully saturated rings. The highest BCUT2D eigenvalue weighted by Gasteiger charge is 2.09. The number of ether oxygens (including phenoxy) is 1. The van der Waals surface area contributed by atoms with Gasteiger partial charge >= 0.3 is 0 Å². The van der Waals surface area contributed by atoms with Crippen molar-refractivity contribution in [2.45, 2.75) is 0 Å². The monoisotopic (exact) mass is 344 g/mol. The minimum atomic E-state index is 0.0741. The molecular formula is C17H17ClN4O2. The molecule has 0 aliphatic heterocycles. The van der Waals surface area contributed by atoms with Crippen LogP contribution >= 0.6 is 11.6 Å². The fraction of sp³-hybridized carbons (Fsp3) is 0.176. The van der Waals surface area contributed by atoms with E-state index in [4.69, 9.17) is 16.3 Å². The zero-order valence-electron chi connectivity index (χ0n) is 13.1. The fourth-order valence-corrected chi connectivity index (χ4v) is 2.44. The van der Waals surface area contributed by atoms with Gasteiger partial charge in [0.25, 0.3) is 0 Å². The van der Waals surface area contributed by atoms with Gasteiger partial charge in [0.05, 0.1) is 17.8 Å². The predicted molar refractivity (Wildman–Crippen MR) is 96.3 cm³/mol. The maximum atomic E-state index is 9.94. The van der Waals surface area contributed by atoms with E-state index >= 15 is 0 Å². The molecule has 0 saturated carbocycles. The van der Waals surface area contributed by atoms with Crippen LogP contribution in [0.4, 0.5) is 17.5 Å². The van der Waals surface area contributed by atoms with Crippen molar-refractivity contribution in [3.05, 3.63) is 47.5 Å². The summed E-state index contributed by atoms with van der Waals surface area (Å²) in [4.78, 5) is 8.98. The first-order chi connectivity index (χ1) is 11.7. The smallest absolute Gasteiger partial charge is 0.229 e. The zero-order chi connectivity index (χ0) is 16.9. The van der Waals surface area contributed by atoms with E-state index in [0.29, 0.717) is 35.6 Å². The van der Waals surface area contributed by atoms with Crippen LogP contribution in [0.25, 0.3) is 10.9 Å². The second-order valence-corrected chi connectivity index (χ2v) is 5.56. The van der Waals surface area contributed by atoms with E-state index in [0.717, 1.165) is 10.9 Å². The van der Waals surface area contributed by atoms with Crippen LogP contribution in [0.15, 0.2) is 42.5 Å². The van der Waals surface area contributed by atoms with Gasteiger partial charge in [-0.15, -0.1) is 0 Å². The summed E-state index contributed by atoms with van der Waals surface area (Å²) in [6.07, 6.45) is 0. The van der Waals surface area contributed by atoms with Crippen molar-refractivity contribution in [3.63, 3.8) is 0 Å². The molecule has 124 valence electrons. The summed E-state index contributed by atoms with van der Waals surface area (Å²) in [6, 6.07) is 12.4. The lowest BCUT2D eigenvalue weighted by Gasteiger charge is -2.12. The fourth-order valence-electron chi connectivity index (χ4n) is 2.27. The third-order valence-corrected chi connectivity index (χ3v) is 3.64. The molecule has 7 heteroatoms. The maximum absolute atomic E-state index is 9.94. The topological polar surface area (TPSA) is 79.3 Å². The number of hydrogen-bond acceptors (Lipinski definition) is 6. The Balaban J connectivity index is 1.97. The summed E-state index contributed by atoms with van der Waals surface area (Å²) < 4.78 is 5.06. The average Bonchev–Trinajstić information content (AvgIpc) is 2.58. The molecule has 3 rings (SSSR count). The number of anilines is 3. The van der Waals surface area contributed by atoms with Crippen molar-refractivity contribution in [3.8, 4) is 5.75 Å². The lowest BCUT2D eigenvalue weighted by atomic mass is 10.2. The van der Waals surface area contributed by atoms with Gasteiger partial charge in [0.2, 0.25) is 5.95 Å². The molecule has 0 radical (unpaired) electrons. The molecule has 3 aromatic rings. The van der Waals surface area contributed by atoms with Crippen LogP contribution in [-0.4, -0.2) is 35.3 Å². The van der Waals surface area contributed by atoms with E-state index in [1.807, 2.05) is 24.3 Å². The predicted octanol–water partition coefficient (Wildman–Crippen LogP) is 3.79. The Morgan fingerprint density at radius 3 is 2.83 bits per heavy atom. The van der Waals surface area contributed by atoms with Crippen molar-refractivity contribution in [2.75, 3.05) is 30.9 Å². The van der Waals surface area contributed by atoms with E-state index in [-0.39, 0.29) is 5.75 Å². The molecule has 0 amide bonds. The van der Waals surface area contributed by atoms with Gasteiger partial charge in [-0.25, -0.2) is 4.98 Å². The molecule has 1 heterocycles. The van der Waals surface area contributed by atoms with Crippen molar-refractivity contribution in [1.29, 1.82) is 0 Å². The minimum Gasteiger partial charge on any atom is -0.506 e. The molecule has 6 nitrogen and oxygen atoms in total. The molecule has 0 aliphatic rings. The van der Waals surface area contributed by atoms with Gasteiger partial charge in [-0.2, -0.15) is 4.98 Å². The Morgan fingerprint density at radius 2 is 2.00 bits per heavy atom. The third kappa shape index (κ3) is 3.67. The molecule has 0 saturated heterocycles. The number of aromatic hydroxyl groups is 1. The summed E-state index contributed by atoms with van der Waals surface area (Å²) in [7, 11) is 1.65. The number of phenols is 1. The number of rotatable bonds is 6. The van der Waals surface area contributed by atoms with Crippen LogP contribution in [0.1, 0.15) is 0 Å². The summed E-state index contributed by atoms with van der Waals surface area (Å²) >= 11 is 5.98. The highest BCUT2D eigenvalue weighted by molar-refractivity contribution is 6.31. The first-order valence-electron chi connectivity index (χ1n) is 7.42.